The van der Waals surface area contributed by atoms with Gasteiger partial charge in [0.2, 0.25) is 11.0 Å². The molecule has 0 radical (unpaired) electrons. The minimum Gasteiger partial charge on any atom is -0.495 e. The van der Waals surface area contributed by atoms with Gasteiger partial charge < -0.3 is 4.74 Å². The minimum atomic E-state index is -4.02. The Bertz CT molecular complexity index is 1090. The lowest BCUT2D eigenvalue weighted by atomic mass is 10.3. The number of carbonyl (C=O) groups is 1. The highest BCUT2D eigenvalue weighted by Gasteiger charge is 2.29. The number of sulfonamides is 1. The molecule has 152 valence electrons. The van der Waals surface area contributed by atoms with Crippen molar-refractivity contribution in [3.05, 3.63) is 54.6 Å². The smallest absolute Gasteiger partial charge is 0.264 e. The Kier molecular flexibility index (Phi) is 6.72. The van der Waals surface area contributed by atoms with E-state index in [1.165, 1.54) is 42.3 Å². The first-order chi connectivity index (χ1) is 14.0. The van der Waals surface area contributed by atoms with Crippen molar-refractivity contribution in [3.63, 3.8) is 0 Å². The highest BCUT2D eigenvalue weighted by atomic mass is 32.2. The summed E-state index contributed by atoms with van der Waals surface area (Å²) in [5, 5.41) is 10.7. The van der Waals surface area contributed by atoms with E-state index in [0.717, 1.165) is 4.31 Å². The van der Waals surface area contributed by atoms with Gasteiger partial charge in [0.15, 0.2) is 4.34 Å². The predicted octanol–water partition coefficient (Wildman–Crippen LogP) is 3.10. The third-order valence-corrected chi connectivity index (χ3v) is 7.39. The zero-order chi connectivity index (χ0) is 20.9. The summed E-state index contributed by atoms with van der Waals surface area (Å²) in [6.45, 7) is -0.453. The summed E-state index contributed by atoms with van der Waals surface area (Å²) in [5.74, 6) is -0.209. The van der Waals surface area contributed by atoms with Gasteiger partial charge in [0.25, 0.3) is 10.0 Å². The van der Waals surface area contributed by atoms with Crippen LogP contribution in [0.15, 0.2) is 63.8 Å². The molecule has 1 heterocycles. The molecule has 0 spiro atoms. The van der Waals surface area contributed by atoms with E-state index in [2.05, 4.69) is 15.5 Å². The number of anilines is 2. The number of benzene rings is 2. The molecule has 11 heteroatoms. The first-order valence-corrected chi connectivity index (χ1v) is 11.8. The molecule has 0 atom stereocenters. The maximum atomic E-state index is 13.3. The lowest BCUT2D eigenvalue weighted by molar-refractivity contribution is -0.114. The third-order valence-electron chi connectivity index (χ3n) is 3.80. The Labute approximate surface area is 177 Å². The molecule has 2 aromatic carbocycles. The molecule has 0 saturated heterocycles. The van der Waals surface area contributed by atoms with Crippen molar-refractivity contribution in [2.45, 2.75) is 9.24 Å². The van der Waals surface area contributed by atoms with Crippen molar-refractivity contribution in [1.82, 2.24) is 10.2 Å². The van der Waals surface area contributed by atoms with Gasteiger partial charge in [-0.1, -0.05) is 53.4 Å². The van der Waals surface area contributed by atoms with Gasteiger partial charge in [-0.25, -0.2) is 8.42 Å². The number of hydrogen-bond acceptors (Lipinski definition) is 8. The number of para-hydroxylation sites is 2. The number of ether oxygens (including phenoxy) is 1. The second kappa shape index (κ2) is 9.25. The van der Waals surface area contributed by atoms with Crippen LogP contribution >= 0.6 is 23.1 Å². The maximum Gasteiger partial charge on any atom is 0.264 e. The van der Waals surface area contributed by atoms with Gasteiger partial charge in [0.1, 0.15) is 12.3 Å². The Morgan fingerprint density at radius 1 is 1.14 bits per heavy atom. The Hall–Kier alpha value is -2.63. The van der Waals surface area contributed by atoms with Crippen LogP contribution < -0.4 is 14.4 Å². The number of thioether (sulfide) groups is 1. The summed E-state index contributed by atoms with van der Waals surface area (Å²) in [7, 11) is -2.58. The van der Waals surface area contributed by atoms with Crippen LogP contribution in [0, 0.1) is 0 Å². The van der Waals surface area contributed by atoms with E-state index in [1.54, 1.807) is 42.5 Å². The second-order valence-corrected chi connectivity index (χ2v) is 9.52. The van der Waals surface area contributed by atoms with Crippen LogP contribution in [-0.4, -0.2) is 44.4 Å². The Balaban J connectivity index is 1.96. The van der Waals surface area contributed by atoms with Crippen LogP contribution in [0.2, 0.25) is 0 Å². The normalized spacial score (nSPS) is 11.1. The van der Waals surface area contributed by atoms with E-state index in [9.17, 15) is 13.2 Å². The van der Waals surface area contributed by atoms with Gasteiger partial charge in [-0.15, -0.1) is 10.2 Å². The van der Waals surface area contributed by atoms with Crippen molar-refractivity contribution in [2.24, 2.45) is 0 Å². The molecule has 3 rings (SSSR count). The summed E-state index contributed by atoms with van der Waals surface area (Å²) in [5.41, 5.74) is 0.260. The monoisotopic (exact) mass is 450 g/mol. The predicted molar refractivity (Wildman–Crippen MR) is 114 cm³/mol. The fourth-order valence-corrected chi connectivity index (χ4v) is 5.13. The highest BCUT2D eigenvalue weighted by Crippen LogP contribution is 2.32. The molecule has 3 aromatic rings. The molecule has 1 aromatic heterocycles. The number of nitrogens with one attached hydrogen (secondary N) is 1. The van der Waals surface area contributed by atoms with E-state index in [1.807, 2.05) is 6.26 Å². The number of hydrogen-bond donors (Lipinski definition) is 1. The van der Waals surface area contributed by atoms with Crippen molar-refractivity contribution < 1.29 is 17.9 Å². The molecular weight excluding hydrogens is 432 g/mol. The number of amides is 1. The zero-order valence-corrected chi connectivity index (χ0v) is 18.1. The van der Waals surface area contributed by atoms with E-state index in [4.69, 9.17) is 4.74 Å². The van der Waals surface area contributed by atoms with Crippen LogP contribution in [0.3, 0.4) is 0 Å². The molecule has 0 fully saturated rings. The van der Waals surface area contributed by atoms with Gasteiger partial charge in [-0.2, -0.15) is 0 Å². The summed E-state index contributed by atoms with van der Waals surface area (Å²) in [6.07, 6.45) is 1.85. The number of methoxy groups -OCH3 is 1. The Morgan fingerprint density at radius 3 is 2.48 bits per heavy atom. The molecular formula is C18H18N4O4S3. The number of nitrogens with zero attached hydrogens (tertiary/aromatic N) is 3. The van der Waals surface area contributed by atoms with Crippen LogP contribution in [0.1, 0.15) is 0 Å². The van der Waals surface area contributed by atoms with E-state index in [-0.39, 0.29) is 10.6 Å². The minimum absolute atomic E-state index is 0.0688. The average Bonchev–Trinajstić information content (AvgIpc) is 3.20. The lowest BCUT2D eigenvalue weighted by Crippen LogP contribution is -2.38. The Morgan fingerprint density at radius 2 is 1.83 bits per heavy atom. The van der Waals surface area contributed by atoms with Crippen LogP contribution in [0.4, 0.5) is 10.8 Å². The molecule has 1 N–H and O–H groups in total. The van der Waals surface area contributed by atoms with Gasteiger partial charge in [-0.05, 0) is 30.5 Å². The molecule has 0 aliphatic carbocycles. The van der Waals surface area contributed by atoms with E-state index < -0.39 is 22.5 Å². The van der Waals surface area contributed by atoms with E-state index >= 15 is 0 Å². The molecule has 29 heavy (non-hydrogen) atoms. The summed E-state index contributed by atoms with van der Waals surface area (Å²) < 4.78 is 33.6. The van der Waals surface area contributed by atoms with Gasteiger partial charge in [0.05, 0.1) is 17.7 Å². The highest BCUT2D eigenvalue weighted by molar-refractivity contribution is 8.00. The topological polar surface area (TPSA) is 101 Å². The standard InChI is InChI=1S/C18H18N4O4S3/c1-26-15-11-7-6-10-14(15)22(29(24,25)13-8-4-3-5-9-13)12-16(23)19-17-20-21-18(27-2)28-17/h3-11H,12H2,1-2H3,(H,19,20,23). The summed E-state index contributed by atoms with van der Waals surface area (Å²) >= 11 is 2.62. The molecule has 0 aliphatic rings. The molecule has 1 amide bonds. The van der Waals surface area contributed by atoms with E-state index in [0.29, 0.717) is 15.2 Å². The quantitative estimate of drug-likeness (QED) is 0.416. The summed E-state index contributed by atoms with van der Waals surface area (Å²) in [4.78, 5) is 12.7. The van der Waals surface area contributed by atoms with Crippen LogP contribution in [0.25, 0.3) is 0 Å². The van der Waals surface area contributed by atoms with Crippen molar-refractivity contribution in [3.8, 4) is 5.75 Å². The molecule has 0 unspecified atom stereocenters. The first kappa shape index (κ1) is 21.1. The first-order valence-electron chi connectivity index (χ1n) is 8.34. The number of carbonyl (C=O) groups excluding carboxylic acids is 1. The molecule has 0 aliphatic heterocycles. The third kappa shape index (κ3) is 4.86. The SMILES string of the molecule is COc1ccccc1N(CC(=O)Nc1nnc(SC)s1)S(=O)(=O)c1ccccc1. The zero-order valence-electron chi connectivity index (χ0n) is 15.6. The van der Waals surface area contributed by atoms with Crippen molar-refractivity contribution in [1.29, 1.82) is 0 Å². The van der Waals surface area contributed by atoms with Crippen molar-refractivity contribution >= 4 is 49.8 Å². The average molecular weight is 451 g/mol. The summed E-state index contributed by atoms with van der Waals surface area (Å²) in [6, 6.07) is 14.5. The maximum absolute atomic E-state index is 13.3. The molecule has 0 saturated carbocycles. The fourth-order valence-electron chi connectivity index (χ4n) is 2.49. The fraction of sp³-hybridized carbons (Fsp3) is 0.167. The van der Waals surface area contributed by atoms with Gasteiger partial charge >= 0.3 is 0 Å². The van der Waals surface area contributed by atoms with Crippen molar-refractivity contribution in [2.75, 3.05) is 29.5 Å². The van der Waals surface area contributed by atoms with Gasteiger partial charge in [-0.3, -0.25) is 14.4 Å². The largest absolute Gasteiger partial charge is 0.495 e. The molecule has 0 bridgehead atoms. The van der Waals surface area contributed by atoms with Gasteiger partial charge in [0, 0.05) is 0 Å². The molecule has 8 nitrogen and oxygen atoms in total. The second-order valence-electron chi connectivity index (χ2n) is 5.62. The van der Waals surface area contributed by atoms with Crippen LogP contribution in [-0.2, 0) is 14.8 Å². The number of aromatic nitrogens is 2. The number of rotatable bonds is 8. The lowest BCUT2D eigenvalue weighted by Gasteiger charge is -2.25. The van der Waals surface area contributed by atoms with Crippen LogP contribution in [0.5, 0.6) is 5.75 Å².